The largest absolute Gasteiger partial charge is 0.456 e. The second-order valence-electron chi connectivity index (χ2n) is 4.95. The molecule has 0 N–H and O–H groups in total. The second kappa shape index (κ2) is 4.65. The van der Waals surface area contributed by atoms with Crippen LogP contribution in [0, 0.1) is 0 Å². The third-order valence-corrected chi connectivity index (χ3v) is 2.82. The number of hydrogen-bond acceptors (Lipinski definition) is 7. The summed E-state index contributed by atoms with van der Waals surface area (Å²) in [6.45, 7) is 3.20. The van der Waals surface area contributed by atoms with E-state index < -0.39 is 11.8 Å². The van der Waals surface area contributed by atoms with Gasteiger partial charge < -0.3 is 9.47 Å². The number of imidazole rings is 1. The highest BCUT2D eigenvalue weighted by atomic mass is 16.7. The summed E-state index contributed by atoms with van der Waals surface area (Å²) in [6, 6.07) is 0. The van der Waals surface area contributed by atoms with E-state index in [2.05, 4.69) is 15.0 Å². The summed E-state index contributed by atoms with van der Waals surface area (Å²) in [5, 5.41) is 0. The van der Waals surface area contributed by atoms with Crippen LogP contribution < -0.4 is 0 Å². The Kier molecular flexibility index (Phi) is 2.93. The maximum Gasteiger partial charge on any atom is 0.337 e. The minimum Gasteiger partial charge on any atom is -0.456 e. The highest BCUT2D eigenvalue weighted by Crippen LogP contribution is 2.24. The van der Waals surface area contributed by atoms with Crippen molar-refractivity contribution in [2.24, 2.45) is 0 Å². The summed E-state index contributed by atoms with van der Waals surface area (Å²) < 4.78 is 11.7. The first-order chi connectivity index (χ1) is 9.94. The minimum absolute atomic E-state index is 0.0844. The van der Waals surface area contributed by atoms with E-state index in [-0.39, 0.29) is 18.1 Å². The fourth-order valence-corrected chi connectivity index (χ4v) is 2.05. The number of allylic oxidation sites excluding steroid dienone is 1. The fourth-order valence-electron chi connectivity index (χ4n) is 2.05. The number of esters is 1. The zero-order valence-corrected chi connectivity index (χ0v) is 11.4. The zero-order valence-electron chi connectivity index (χ0n) is 11.4. The third-order valence-electron chi connectivity index (χ3n) is 2.82. The van der Waals surface area contributed by atoms with E-state index in [0.29, 0.717) is 11.2 Å². The number of carbonyl (C=O) groups is 2. The van der Waals surface area contributed by atoms with Crippen LogP contribution in [0.25, 0.3) is 11.2 Å². The van der Waals surface area contributed by atoms with E-state index >= 15 is 0 Å². The minimum atomic E-state index is -1.08. The first kappa shape index (κ1) is 13.2. The Morgan fingerprint density at radius 2 is 2.14 bits per heavy atom. The molecule has 0 spiro atoms. The molecule has 2 aromatic heterocycles. The molecule has 0 bridgehead atoms. The average molecular weight is 288 g/mol. The van der Waals surface area contributed by atoms with E-state index in [1.165, 1.54) is 29.5 Å². The van der Waals surface area contributed by atoms with Crippen molar-refractivity contribution in [3.05, 3.63) is 30.7 Å². The molecule has 3 rings (SSSR count). The number of cyclic esters (lactones) is 1. The number of carbonyl (C=O) groups excluding carboxylic acids is 2. The van der Waals surface area contributed by atoms with Gasteiger partial charge in [-0.25, -0.2) is 19.7 Å². The molecule has 0 saturated carbocycles. The molecule has 0 aromatic carbocycles. The molecular weight excluding hydrogens is 276 g/mol. The molecule has 108 valence electrons. The summed E-state index contributed by atoms with van der Waals surface area (Å²) in [5.74, 6) is -1.67. The van der Waals surface area contributed by atoms with Gasteiger partial charge in [-0.15, -0.1) is 0 Å². The summed E-state index contributed by atoms with van der Waals surface area (Å²) in [4.78, 5) is 35.6. The van der Waals surface area contributed by atoms with E-state index in [4.69, 9.17) is 9.47 Å². The van der Waals surface area contributed by atoms with Gasteiger partial charge in [-0.1, -0.05) is 0 Å². The normalized spacial score (nSPS) is 17.0. The lowest BCUT2D eigenvalue weighted by Crippen LogP contribution is -2.35. The second-order valence-corrected chi connectivity index (χ2v) is 4.95. The number of fused-ring (bicyclic) bond motifs is 1. The van der Waals surface area contributed by atoms with E-state index in [1.54, 1.807) is 13.8 Å². The van der Waals surface area contributed by atoms with Gasteiger partial charge in [-0.3, -0.25) is 9.36 Å². The lowest BCUT2D eigenvalue weighted by atomic mass is 10.2. The quantitative estimate of drug-likeness (QED) is 0.762. The van der Waals surface area contributed by atoms with E-state index in [9.17, 15) is 9.59 Å². The molecule has 2 aromatic rings. The van der Waals surface area contributed by atoms with Crippen LogP contribution in [0.1, 0.15) is 25.1 Å². The summed E-state index contributed by atoms with van der Waals surface area (Å²) in [6.07, 6.45) is 5.31. The molecule has 0 radical (unpaired) electrons. The maximum atomic E-state index is 12.3. The van der Waals surface area contributed by atoms with Crippen LogP contribution in [0.4, 0.5) is 0 Å². The molecule has 0 aliphatic carbocycles. The van der Waals surface area contributed by atoms with Crippen molar-refractivity contribution in [2.75, 3.05) is 0 Å². The molecule has 0 unspecified atom stereocenters. The Morgan fingerprint density at radius 3 is 2.90 bits per heavy atom. The van der Waals surface area contributed by atoms with E-state index in [0.717, 1.165) is 0 Å². The molecule has 0 amide bonds. The molecule has 0 saturated heterocycles. The Labute approximate surface area is 119 Å². The van der Waals surface area contributed by atoms with Crippen molar-refractivity contribution in [3.63, 3.8) is 0 Å². The van der Waals surface area contributed by atoms with Crippen LogP contribution in [-0.4, -0.2) is 37.2 Å². The fraction of sp³-hybridized carbons (Fsp3) is 0.308. The topological polar surface area (TPSA) is 96.2 Å². The monoisotopic (exact) mass is 288 g/mol. The van der Waals surface area contributed by atoms with Gasteiger partial charge in [-0.05, 0) is 0 Å². The number of hydrogen-bond donors (Lipinski definition) is 0. The number of rotatable bonds is 2. The zero-order chi connectivity index (χ0) is 15.0. The number of ether oxygens (including phenoxy) is 2. The number of aromatic nitrogens is 4. The van der Waals surface area contributed by atoms with Gasteiger partial charge in [0.05, 0.1) is 18.7 Å². The van der Waals surface area contributed by atoms with Crippen molar-refractivity contribution >= 4 is 23.0 Å². The van der Waals surface area contributed by atoms with Crippen LogP contribution in [0.5, 0.6) is 0 Å². The van der Waals surface area contributed by atoms with Crippen molar-refractivity contribution in [1.29, 1.82) is 0 Å². The summed E-state index contributed by atoms with van der Waals surface area (Å²) >= 11 is 0. The third kappa shape index (κ3) is 2.60. The van der Waals surface area contributed by atoms with Crippen molar-refractivity contribution in [1.82, 2.24) is 19.5 Å². The lowest BCUT2D eigenvalue weighted by Gasteiger charge is -2.30. The van der Waals surface area contributed by atoms with Gasteiger partial charge in [0, 0.05) is 13.8 Å². The highest BCUT2D eigenvalue weighted by molar-refractivity contribution is 5.91. The van der Waals surface area contributed by atoms with Gasteiger partial charge >= 0.3 is 5.97 Å². The number of nitrogens with zero attached hydrogens (tertiary/aromatic N) is 4. The molecular formula is C13H12N4O4. The molecule has 0 atom stereocenters. The first-order valence-electron chi connectivity index (χ1n) is 6.23. The van der Waals surface area contributed by atoms with Crippen LogP contribution in [0.15, 0.2) is 30.7 Å². The van der Waals surface area contributed by atoms with Crippen molar-refractivity contribution in [3.8, 4) is 0 Å². The van der Waals surface area contributed by atoms with Crippen LogP contribution in [-0.2, 0) is 14.3 Å². The van der Waals surface area contributed by atoms with Crippen molar-refractivity contribution in [2.45, 2.75) is 26.1 Å². The van der Waals surface area contributed by atoms with E-state index in [1.807, 2.05) is 0 Å². The van der Waals surface area contributed by atoms with Crippen LogP contribution in [0.2, 0.25) is 0 Å². The van der Waals surface area contributed by atoms with Crippen LogP contribution in [0.3, 0.4) is 0 Å². The van der Waals surface area contributed by atoms with Crippen molar-refractivity contribution < 1.29 is 19.1 Å². The molecule has 0 fully saturated rings. The molecule has 8 nitrogen and oxygen atoms in total. The predicted molar refractivity (Wildman–Crippen MR) is 69.9 cm³/mol. The van der Waals surface area contributed by atoms with Gasteiger partial charge in [0.2, 0.25) is 11.7 Å². The van der Waals surface area contributed by atoms with Gasteiger partial charge in [0.15, 0.2) is 5.65 Å². The molecule has 3 heterocycles. The highest BCUT2D eigenvalue weighted by Gasteiger charge is 2.31. The lowest BCUT2D eigenvalue weighted by molar-refractivity contribution is -0.205. The Bertz CT molecular complexity index is 762. The first-order valence-corrected chi connectivity index (χ1v) is 6.23. The van der Waals surface area contributed by atoms with Gasteiger partial charge in [0.25, 0.3) is 0 Å². The van der Waals surface area contributed by atoms with Gasteiger partial charge in [0.1, 0.15) is 23.9 Å². The Hall–Kier alpha value is -2.77. The average Bonchev–Trinajstić information content (AvgIpc) is 2.79. The molecule has 1 aliphatic rings. The van der Waals surface area contributed by atoms with Gasteiger partial charge in [-0.2, -0.15) is 0 Å². The summed E-state index contributed by atoms with van der Waals surface area (Å²) in [5.41, 5.74) is 0.928. The Balaban J connectivity index is 1.85. The standard InChI is InChI=1S/C13H12N4O4/c1-13(2)20-8(4-11(19)21-13)3-10(18)17-7-16-12-9(17)5-14-6-15-12/h4-7H,3H2,1-2H3. The molecule has 1 aliphatic heterocycles. The SMILES string of the molecule is CC1(C)OC(=O)C=C(CC(=O)n2cnc3ncncc32)O1. The van der Waals surface area contributed by atoms with Crippen LogP contribution >= 0.6 is 0 Å². The molecule has 8 heteroatoms. The smallest absolute Gasteiger partial charge is 0.337 e. The predicted octanol–water partition coefficient (Wildman–Crippen LogP) is 1.05. The Morgan fingerprint density at radius 1 is 1.33 bits per heavy atom. The summed E-state index contributed by atoms with van der Waals surface area (Å²) in [7, 11) is 0. The maximum absolute atomic E-state index is 12.3. The molecule has 21 heavy (non-hydrogen) atoms.